The molecule has 1 unspecified atom stereocenters. The monoisotopic (exact) mass is 363 g/mol. The average Bonchev–Trinajstić information content (AvgIpc) is 3.03. The first-order valence-corrected chi connectivity index (χ1v) is 9.94. The van der Waals surface area contributed by atoms with E-state index in [1.165, 1.54) is 15.4 Å². The molecule has 7 nitrogen and oxygen atoms in total. The third-order valence-corrected chi connectivity index (χ3v) is 6.36. The molecule has 8 heteroatoms. The highest BCUT2D eigenvalue weighted by Gasteiger charge is 2.37. The number of benzene rings is 1. The summed E-state index contributed by atoms with van der Waals surface area (Å²) in [6.45, 7) is 5.55. The summed E-state index contributed by atoms with van der Waals surface area (Å²) in [5, 5.41) is 8.30. The summed E-state index contributed by atoms with van der Waals surface area (Å²) in [7, 11) is 0.587. The zero-order valence-corrected chi connectivity index (χ0v) is 16.0. The fraction of sp³-hybridized carbons (Fsp3) is 0.529. The van der Waals surface area contributed by atoms with Crippen LogP contribution in [0.3, 0.4) is 0 Å². The Morgan fingerprint density at radius 1 is 1.16 bits per heavy atom. The molecule has 1 aliphatic heterocycles. The normalized spacial score (nSPS) is 20.4. The van der Waals surface area contributed by atoms with Crippen LogP contribution >= 0.6 is 0 Å². The van der Waals surface area contributed by atoms with Gasteiger partial charge in [0.25, 0.3) is 0 Å². The largest absolute Gasteiger partial charge is 0.304 e. The van der Waals surface area contributed by atoms with E-state index in [1.807, 2.05) is 25.2 Å². The van der Waals surface area contributed by atoms with Crippen LogP contribution in [0, 0.1) is 13.8 Å². The molecule has 1 aromatic heterocycles. The van der Waals surface area contributed by atoms with Gasteiger partial charge in [0.2, 0.25) is 10.0 Å². The van der Waals surface area contributed by atoms with E-state index in [0.717, 1.165) is 5.56 Å². The van der Waals surface area contributed by atoms with Crippen LogP contribution in [-0.4, -0.2) is 65.1 Å². The SMILES string of the molecule is Cc1cc(C)cc(Cn2cc(CN3CC(N(C)C)CS3(=O)=O)nn2)c1. The molecule has 0 amide bonds. The van der Waals surface area contributed by atoms with Crippen molar-refractivity contribution in [1.29, 1.82) is 0 Å². The molecule has 0 spiro atoms. The lowest BCUT2D eigenvalue weighted by molar-refractivity contribution is 0.284. The molecule has 25 heavy (non-hydrogen) atoms. The quantitative estimate of drug-likeness (QED) is 0.793. The van der Waals surface area contributed by atoms with E-state index < -0.39 is 10.0 Å². The van der Waals surface area contributed by atoms with Gasteiger partial charge in [-0.2, -0.15) is 4.31 Å². The maximum Gasteiger partial charge on any atom is 0.216 e. The van der Waals surface area contributed by atoms with Crippen molar-refractivity contribution in [2.75, 3.05) is 26.4 Å². The first-order valence-electron chi connectivity index (χ1n) is 8.33. The van der Waals surface area contributed by atoms with Gasteiger partial charge in [-0.15, -0.1) is 5.10 Å². The summed E-state index contributed by atoms with van der Waals surface area (Å²) >= 11 is 0. The van der Waals surface area contributed by atoms with Crippen molar-refractivity contribution in [3.8, 4) is 0 Å². The maximum absolute atomic E-state index is 12.3. The Kier molecular flexibility index (Phi) is 4.95. The standard InChI is InChI=1S/C17H25N5O2S/c1-13-5-14(2)7-15(6-13)8-21-9-16(18-19-21)10-22-11-17(20(3)4)12-25(22,23)24/h5-7,9,17H,8,10-12H2,1-4H3. The number of hydrogen-bond donors (Lipinski definition) is 0. The molecule has 2 aromatic rings. The maximum atomic E-state index is 12.3. The second-order valence-corrected chi connectivity index (χ2v) is 9.11. The molecule has 1 aliphatic rings. The zero-order valence-electron chi connectivity index (χ0n) is 15.2. The van der Waals surface area contributed by atoms with Gasteiger partial charge in [-0.25, -0.2) is 13.1 Å². The van der Waals surface area contributed by atoms with Gasteiger partial charge >= 0.3 is 0 Å². The molecule has 1 saturated heterocycles. The molecular weight excluding hydrogens is 338 g/mol. The number of sulfonamides is 1. The molecule has 0 bridgehead atoms. The van der Waals surface area contributed by atoms with Crippen LogP contribution in [0.4, 0.5) is 0 Å². The Labute approximate surface area is 149 Å². The third kappa shape index (κ3) is 4.26. The number of likely N-dealkylation sites (N-methyl/N-ethyl adjacent to an activating group) is 1. The fourth-order valence-electron chi connectivity index (χ4n) is 3.24. The molecule has 136 valence electrons. The van der Waals surface area contributed by atoms with Crippen molar-refractivity contribution in [3.05, 3.63) is 46.8 Å². The summed E-state index contributed by atoms with van der Waals surface area (Å²) in [4.78, 5) is 1.95. The first-order chi connectivity index (χ1) is 11.7. The lowest BCUT2D eigenvalue weighted by atomic mass is 10.1. The number of aryl methyl sites for hydroxylation is 2. The average molecular weight is 363 g/mol. The van der Waals surface area contributed by atoms with E-state index in [4.69, 9.17) is 0 Å². The highest BCUT2D eigenvalue weighted by Crippen LogP contribution is 2.19. The van der Waals surface area contributed by atoms with Crippen molar-refractivity contribution in [2.45, 2.75) is 33.0 Å². The van der Waals surface area contributed by atoms with Gasteiger partial charge in [0.05, 0.1) is 30.7 Å². The van der Waals surface area contributed by atoms with Crippen molar-refractivity contribution < 1.29 is 8.42 Å². The predicted octanol–water partition coefficient (Wildman–Crippen LogP) is 1.02. The van der Waals surface area contributed by atoms with Crippen LogP contribution in [-0.2, 0) is 23.1 Å². The van der Waals surface area contributed by atoms with E-state index in [9.17, 15) is 8.42 Å². The molecular formula is C17H25N5O2S. The van der Waals surface area contributed by atoms with Crippen LogP contribution in [0.25, 0.3) is 0 Å². The van der Waals surface area contributed by atoms with Gasteiger partial charge in [0.15, 0.2) is 0 Å². The van der Waals surface area contributed by atoms with Crippen molar-refractivity contribution in [1.82, 2.24) is 24.2 Å². The first kappa shape index (κ1) is 18.0. The number of aromatic nitrogens is 3. The van der Waals surface area contributed by atoms with E-state index in [2.05, 4.69) is 42.4 Å². The molecule has 0 N–H and O–H groups in total. The third-order valence-electron chi connectivity index (χ3n) is 4.49. The minimum absolute atomic E-state index is 0.0234. The number of rotatable bonds is 5. The van der Waals surface area contributed by atoms with Crippen molar-refractivity contribution in [2.24, 2.45) is 0 Å². The van der Waals surface area contributed by atoms with Crippen LogP contribution in [0.15, 0.2) is 24.4 Å². The molecule has 1 fully saturated rings. The smallest absolute Gasteiger partial charge is 0.216 e. The Morgan fingerprint density at radius 3 is 2.44 bits per heavy atom. The van der Waals surface area contributed by atoms with Crippen molar-refractivity contribution >= 4 is 10.0 Å². The summed E-state index contributed by atoms with van der Waals surface area (Å²) in [6.07, 6.45) is 1.83. The summed E-state index contributed by atoms with van der Waals surface area (Å²) in [5.74, 6) is 0.163. The van der Waals surface area contributed by atoms with E-state index >= 15 is 0 Å². The second kappa shape index (κ2) is 6.86. The summed E-state index contributed by atoms with van der Waals surface area (Å²) in [6, 6.07) is 6.41. The minimum atomic E-state index is -3.23. The lowest BCUT2D eigenvalue weighted by Crippen LogP contribution is -2.32. The number of hydrogen-bond acceptors (Lipinski definition) is 5. The van der Waals surface area contributed by atoms with E-state index in [1.54, 1.807) is 4.68 Å². The highest BCUT2D eigenvalue weighted by atomic mass is 32.2. The van der Waals surface area contributed by atoms with Gasteiger partial charge in [0.1, 0.15) is 0 Å². The van der Waals surface area contributed by atoms with Crippen LogP contribution in [0.1, 0.15) is 22.4 Å². The Morgan fingerprint density at radius 2 is 1.84 bits per heavy atom. The Balaban J connectivity index is 1.69. The molecule has 1 aromatic carbocycles. The van der Waals surface area contributed by atoms with Crippen LogP contribution < -0.4 is 0 Å². The van der Waals surface area contributed by atoms with E-state index in [-0.39, 0.29) is 18.3 Å². The second-order valence-electron chi connectivity index (χ2n) is 7.09. The molecule has 2 heterocycles. The molecule has 1 atom stereocenters. The van der Waals surface area contributed by atoms with Crippen molar-refractivity contribution in [3.63, 3.8) is 0 Å². The Bertz CT molecular complexity index is 839. The highest BCUT2D eigenvalue weighted by molar-refractivity contribution is 7.89. The molecule has 3 rings (SSSR count). The minimum Gasteiger partial charge on any atom is -0.304 e. The van der Waals surface area contributed by atoms with Gasteiger partial charge < -0.3 is 4.90 Å². The van der Waals surface area contributed by atoms with Gasteiger partial charge in [-0.1, -0.05) is 34.5 Å². The topological polar surface area (TPSA) is 71.3 Å². The molecule has 0 saturated carbocycles. The predicted molar refractivity (Wildman–Crippen MR) is 96.7 cm³/mol. The van der Waals surface area contributed by atoms with Crippen LogP contribution in [0.2, 0.25) is 0 Å². The zero-order chi connectivity index (χ0) is 18.2. The molecule has 0 aliphatic carbocycles. The van der Waals surface area contributed by atoms with Gasteiger partial charge in [0, 0.05) is 12.6 Å². The molecule has 0 radical (unpaired) electrons. The lowest BCUT2D eigenvalue weighted by Gasteiger charge is -2.17. The number of nitrogens with zero attached hydrogens (tertiary/aromatic N) is 5. The summed E-state index contributed by atoms with van der Waals surface area (Å²) in [5.41, 5.74) is 4.27. The Hall–Kier alpha value is -1.77. The summed E-state index contributed by atoms with van der Waals surface area (Å²) < 4.78 is 27.9. The van der Waals surface area contributed by atoms with Gasteiger partial charge in [-0.05, 0) is 33.5 Å². The van der Waals surface area contributed by atoms with E-state index in [0.29, 0.717) is 18.8 Å². The van der Waals surface area contributed by atoms with Gasteiger partial charge in [-0.3, -0.25) is 0 Å². The fourth-order valence-corrected chi connectivity index (χ4v) is 5.07. The van der Waals surface area contributed by atoms with Crippen LogP contribution in [0.5, 0.6) is 0 Å².